The fraction of sp³-hybridized carbons (Fsp3) is 0.263. The summed E-state index contributed by atoms with van der Waals surface area (Å²) >= 11 is 15.2. The molecule has 2 aromatic heterocycles. The molecule has 408 valence electrons. The first-order valence-corrected chi connectivity index (χ1v) is 29.5. The monoisotopic (exact) mass is 1210 g/mol. The first-order chi connectivity index (χ1) is 35.6. The molecule has 0 aliphatic carbocycles. The maximum atomic E-state index is 12.7. The molecule has 7 N–H and O–H groups in total. The molecule has 6 rings (SSSR count). The second kappa shape index (κ2) is 24.6. The highest BCUT2D eigenvalue weighted by atomic mass is 35.5. The second-order valence-electron chi connectivity index (χ2n) is 15.1. The Morgan fingerprint density at radius 1 is 0.579 bits per heavy atom. The number of nitrogens with zero attached hydrogens (tertiary/aromatic N) is 12. The molecule has 2 heterocycles. The first-order valence-electron chi connectivity index (χ1n) is 20.8. The number of anilines is 7. The van der Waals surface area contributed by atoms with Crippen molar-refractivity contribution in [3.05, 3.63) is 59.1 Å². The number of halogens is 2. The fourth-order valence-electron chi connectivity index (χ4n) is 6.40. The van der Waals surface area contributed by atoms with Gasteiger partial charge in [-0.2, -0.15) is 53.4 Å². The van der Waals surface area contributed by atoms with Crippen LogP contribution in [0.1, 0.15) is 0 Å². The van der Waals surface area contributed by atoms with Crippen molar-refractivity contribution >= 4 is 162 Å². The minimum Gasteiger partial charge on any atom is -0.744 e. The molecule has 0 aliphatic heterocycles. The molecule has 0 amide bonds. The molecule has 0 saturated heterocycles. The van der Waals surface area contributed by atoms with Crippen molar-refractivity contribution in [2.24, 2.45) is 20.5 Å². The van der Waals surface area contributed by atoms with Gasteiger partial charge in [0.2, 0.25) is 34.4 Å². The van der Waals surface area contributed by atoms with Gasteiger partial charge in [-0.25, -0.2) is 33.7 Å². The maximum absolute atomic E-state index is 12.7. The lowest BCUT2D eigenvalue weighted by molar-refractivity contribution is 0.322. The number of aromatic hydroxyl groups is 1. The zero-order valence-electron chi connectivity index (χ0n) is 38.7. The van der Waals surface area contributed by atoms with Crippen molar-refractivity contribution in [3.63, 3.8) is 0 Å². The summed E-state index contributed by atoms with van der Waals surface area (Å²) < 4.78 is 151. The number of nitrogens with two attached hydrogens (primary N) is 1. The number of thioether (sulfide) groups is 2. The van der Waals surface area contributed by atoms with Crippen LogP contribution in [0.2, 0.25) is 10.6 Å². The molecular weight excluding hydrogens is 1170 g/mol. The topological polar surface area (TPSA) is 473 Å². The molecule has 0 unspecified atom stereocenters. The molecule has 38 heteroatoms. The number of phenolic OH excluding ortho intramolecular Hbond substituents is 1. The van der Waals surface area contributed by atoms with Crippen LogP contribution in [0.15, 0.2) is 88.6 Å². The lowest BCUT2D eigenvalue weighted by atomic mass is 10.1. The van der Waals surface area contributed by atoms with Crippen molar-refractivity contribution in [2.75, 3.05) is 89.6 Å². The summed E-state index contributed by atoms with van der Waals surface area (Å²) in [5.41, 5.74) is 1.06. The van der Waals surface area contributed by atoms with E-state index in [0.717, 1.165) is 36.4 Å². The van der Waals surface area contributed by atoms with Gasteiger partial charge in [-0.1, -0.05) is 0 Å². The number of aromatic nitrogens is 6. The second-order valence-corrected chi connectivity index (χ2v) is 23.6. The van der Waals surface area contributed by atoms with E-state index in [0.29, 0.717) is 48.2 Å². The zero-order chi connectivity index (χ0) is 55.9. The molecule has 0 fully saturated rings. The number of fused-ring (bicyclic) bond motifs is 1. The lowest BCUT2D eigenvalue weighted by Gasteiger charge is -2.18. The Labute approximate surface area is 450 Å². The van der Waals surface area contributed by atoms with Crippen molar-refractivity contribution in [1.29, 1.82) is 0 Å². The average Bonchev–Trinajstić information content (AvgIpc) is 3.31. The van der Waals surface area contributed by atoms with Gasteiger partial charge in [-0.15, -0.1) is 20.5 Å². The highest BCUT2D eigenvalue weighted by molar-refractivity contribution is 7.99. The molecule has 0 bridgehead atoms. The maximum Gasteiger partial charge on any atom is 0.233 e. The SMILES string of the molecule is CN(CCSCCO)c1nc(Cl)nc(Nc2ccc(S(=O)(=O)[O-])c(N=Nc3c(S(=O)(=O)[O-])cc4cc(S(=O)(=O)[O-])c(N=Nc5cc(Nc6nc(Cl)nc(N(C)CCSCCO)n6)ccc5S(=O)(=O)[O-])c(O)c4c3N)c2)n1. The van der Waals surface area contributed by atoms with Crippen molar-refractivity contribution < 1.29 is 67.2 Å². The molecular formula is C38H37Cl2N15O15S6-4. The van der Waals surface area contributed by atoms with Gasteiger partial charge in [-0.3, -0.25) is 0 Å². The number of nitrogens with one attached hydrogen (secondary N) is 2. The van der Waals surface area contributed by atoms with E-state index in [4.69, 9.17) is 39.1 Å². The van der Waals surface area contributed by atoms with E-state index in [1.165, 1.54) is 23.5 Å². The Morgan fingerprint density at radius 2 is 0.974 bits per heavy atom. The van der Waals surface area contributed by atoms with Gasteiger partial charge in [0, 0.05) is 61.6 Å². The Kier molecular flexibility index (Phi) is 19.1. The summed E-state index contributed by atoms with van der Waals surface area (Å²) in [5.74, 6) is 0.468. The van der Waals surface area contributed by atoms with Crippen molar-refractivity contribution in [3.8, 4) is 5.75 Å². The Bertz CT molecular complexity index is 3490. The molecule has 0 spiro atoms. The zero-order valence-corrected chi connectivity index (χ0v) is 45.1. The predicted molar refractivity (Wildman–Crippen MR) is 275 cm³/mol. The van der Waals surface area contributed by atoms with Crippen LogP contribution in [-0.2, 0) is 40.5 Å². The van der Waals surface area contributed by atoms with E-state index < -0.39 is 105 Å². The normalized spacial score (nSPS) is 12.5. The number of aliphatic hydroxyl groups is 2. The van der Waals surface area contributed by atoms with Gasteiger partial charge in [0.05, 0.1) is 43.9 Å². The summed E-state index contributed by atoms with van der Waals surface area (Å²) in [7, 11) is -19.1. The molecule has 0 saturated carbocycles. The van der Waals surface area contributed by atoms with Crippen LogP contribution in [-0.4, -0.2) is 161 Å². The van der Waals surface area contributed by atoms with Gasteiger partial charge < -0.3 is 59.7 Å². The number of benzene rings is 4. The average molecular weight is 1210 g/mol. The first kappa shape index (κ1) is 59.2. The summed E-state index contributed by atoms with van der Waals surface area (Å²) in [4.78, 5) is 22.9. The minimum atomic E-state index is -5.78. The third-order valence-electron chi connectivity index (χ3n) is 9.83. The smallest absolute Gasteiger partial charge is 0.233 e. The number of aliphatic hydroxyl groups excluding tert-OH is 2. The number of nitrogen functional groups attached to an aromatic ring is 1. The Balaban J connectivity index is 1.44. The van der Waals surface area contributed by atoms with Crippen LogP contribution < -0.4 is 26.2 Å². The summed E-state index contributed by atoms with van der Waals surface area (Å²) in [6.07, 6.45) is 0. The number of azo groups is 2. The molecule has 0 aliphatic rings. The summed E-state index contributed by atoms with van der Waals surface area (Å²) in [6.45, 7) is 0.751. The van der Waals surface area contributed by atoms with E-state index >= 15 is 0 Å². The minimum absolute atomic E-state index is 0.0292. The standard InChI is InChI=1S/C38H41Cl2N15O15S6/c1-54(7-11-71-13-9-56)37-46-33(39)44-35(48-37)42-20-3-5-24(73(59,60)61)22(17-20)50-52-30-26(75(65,66)67)15-19-16-27(76(68,69)70)31(32(58)28(19)29(30)41)53-51-23-18-21(4-6-25(23)74(62,63)64)43-36-45-34(40)47-38(49-36)55(2)8-12-72-14-10-57/h3-6,15-18,56-58H,7-14,41H2,1-2H3,(H,59,60,61)(H,62,63,64)(H,65,66,67)(H,68,69,70)(H,42,44,46,48)(H,43,45,47,49)/p-4. The largest absolute Gasteiger partial charge is 0.744 e. The van der Waals surface area contributed by atoms with E-state index in [2.05, 4.69) is 61.0 Å². The quantitative estimate of drug-likeness (QED) is 0.0215. The Morgan fingerprint density at radius 3 is 1.37 bits per heavy atom. The number of hydrogen-bond acceptors (Lipinski definition) is 32. The van der Waals surface area contributed by atoms with Crippen LogP contribution >= 0.6 is 46.7 Å². The molecule has 4 aromatic carbocycles. The van der Waals surface area contributed by atoms with Gasteiger partial charge in [0.15, 0.2) is 5.75 Å². The number of phenols is 1. The lowest BCUT2D eigenvalue weighted by Crippen LogP contribution is -2.23. The van der Waals surface area contributed by atoms with Crippen molar-refractivity contribution in [2.45, 2.75) is 19.6 Å². The number of hydrogen-bond donors (Lipinski definition) is 6. The van der Waals surface area contributed by atoms with Crippen LogP contribution in [0.25, 0.3) is 10.8 Å². The summed E-state index contributed by atoms with van der Waals surface area (Å²) in [6, 6.07) is 6.33. The van der Waals surface area contributed by atoms with Gasteiger partial charge in [-0.05, 0) is 77.1 Å². The van der Waals surface area contributed by atoms with E-state index in [-0.39, 0.29) is 58.9 Å². The third kappa shape index (κ3) is 15.1. The predicted octanol–water partition coefficient (Wildman–Crippen LogP) is 4.06. The fourth-order valence-corrected chi connectivity index (χ4v) is 10.7. The third-order valence-corrected chi connectivity index (χ3v) is 15.5. The van der Waals surface area contributed by atoms with E-state index in [9.17, 15) is 57.0 Å². The van der Waals surface area contributed by atoms with E-state index in [1.807, 2.05) is 0 Å². The molecule has 30 nitrogen and oxygen atoms in total. The van der Waals surface area contributed by atoms with Crippen LogP contribution in [0.4, 0.5) is 63.6 Å². The molecule has 0 radical (unpaired) electrons. The van der Waals surface area contributed by atoms with Crippen LogP contribution in [0.5, 0.6) is 5.75 Å². The molecule has 0 atom stereocenters. The number of rotatable bonds is 24. The van der Waals surface area contributed by atoms with Gasteiger partial charge in [0.1, 0.15) is 63.2 Å². The van der Waals surface area contributed by atoms with Gasteiger partial charge >= 0.3 is 0 Å². The molecule has 6 aromatic rings. The van der Waals surface area contributed by atoms with E-state index in [1.54, 1.807) is 23.9 Å². The Hall–Kier alpha value is -6.00. The highest BCUT2D eigenvalue weighted by Gasteiger charge is 2.25. The summed E-state index contributed by atoms with van der Waals surface area (Å²) in [5, 5.41) is 47.8. The van der Waals surface area contributed by atoms with Crippen molar-refractivity contribution in [1.82, 2.24) is 29.9 Å². The van der Waals surface area contributed by atoms with Gasteiger partial charge in [0.25, 0.3) is 0 Å². The van der Waals surface area contributed by atoms with Crippen LogP contribution in [0, 0.1) is 0 Å². The molecule has 76 heavy (non-hydrogen) atoms. The van der Waals surface area contributed by atoms with Crippen LogP contribution in [0.3, 0.4) is 0 Å². The highest BCUT2D eigenvalue weighted by Crippen LogP contribution is 2.49.